The molecule has 1 spiro atoms. The number of hydrogen-bond acceptors (Lipinski definition) is 0. The molecule has 0 N–H and O–H groups in total. The fourth-order valence-electron chi connectivity index (χ4n) is 3.40. The van der Waals surface area contributed by atoms with Crippen LogP contribution >= 0.6 is 0 Å². The van der Waals surface area contributed by atoms with Crippen molar-refractivity contribution in [2.24, 2.45) is 11.3 Å². The Balaban J connectivity index is 2.09. The van der Waals surface area contributed by atoms with Gasteiger partial charge in [0, 0.05) is 0 Å². The monoisotopic (exact) mass is 151 g/mol. The maximum Gasteiger partial charge on any atom is -0.0269 e. The molecule has 0 amide bonds. The van der Waals surface area contributed by atoms with Crippen LogP contribution in [0.1, 0.15) is 51.4 Å². The molecule has 11 heavy (non-hydrogen) atoms. The first kappa shape index (κ1) is 7.64. The normalized spacial score (nSPS) is 35.2. The van der Waals surface area contributed by atoms with Gasteiger partial charge in [0.1, 0.15) is 0 Å². The van der Waals surface area contributed by atoms with Gasteiger partial charge in [0.05, 0.1) is 0 Å². The van der Waals surface area contributed by atoms with E-state index in [0.717, 1.165) is 11.3 Å². The zero-order chi connectivity index (χ0) is 7.73. The van der Waals surface area contributed by atoms with Gasteiger partial charge in [0.2, 0.25) is 0 Å². The number of hydrogen-bond donors (Lipinski definition) is 0. The van der Waals surface area contributed by atoms with Gasteiger partial charge in [0.15, 0.2) is 0 Å². The zero-order valence-electron chi connectivity index (χ0n) is 7.44. The van der Waals surface area contributed by atoms with Gasteiger partial charge < -0.3 is 0 Å². The molecule has 2 aliphatic carbocycles. The SMILES string of the molecule is [CH2]CC1CCCC12CCCC2. The van der Waals surface area contributed by atoms with Crippen LogP contribution < -0.4 is 0 Å². The highest BCUT2D eigenvalue weighted by molar-refractivity contribution is 4.95. The topological polar surface area (TPSA) is 0 Å². The quantitative estimate of drug-likeness (QED) is 0.537. The Bertz CT molecular complexity index is 125. The van der Waals surface area contributed by atoms with Gasteiger partial charge in [0.25, 0.3) is 0 Å². The van der Waals surface area contributed by atoms with E-state index >= 15 is 0 Å². The van der Waals surface area contributed by atoms with E-state index in [-0.39, 0.29) is 0 Å². The minimum atomic E-state index is 0.793. The van der Waals surface area contributed by atoms with Gasteiger partial charge in [-0.3, -0.25) is 0 Å². The highest BCUT2D eigenvalue weighted by Gasteiger charge is 2.43. The predicted octanol–water partition coefficient (Wildman–Crippen LogP) is 3.57. The van der Waals surface area contributed by atoms with Gasteiger partial charge in [-0.15, -0.1) is 0 Å². The van der Waals surface area contributed by atoms with E-state index in [1.54, 1.807) is 0 Å². The van der Waals surface area contributed by atoms with Crippen LogP contribution in [-0.2, 0) is 0 Å². The Morgan fingerprint density at radius 1 is 1.09 bits per heavy atom. The second-order valence-corrected chi connectivity index (χ2v) is 4.45. The van der Waals surface area contributed by atoms with Gasteiger partial charge in [-0.05, 0) is 43.4 Å². The maximum atomic E-state index is 4.09. The molecule has 1 atom stereocenters. The summed E-state index contributed by atoms with van der Waals surface area (Å²) in [6, 6.07) is 0. The molecule has 2 rings (SSSR count). The van der Waals surface area contributed by atoms with Crippen molar-refractivity contribution in [2.75, 3.05) is 0 Å². The van der Waals surface area contributed by atoms with E-state index in [0.29, 0.717) is 0 Å². The standard InChI is InChI=1S/C11H19/c1-2-10-6-5-9-11(10)7-3-4-8-11/h10H,1-9H2. The molecule has 2 fully saturated rings. The summed E-state index contributed by atoms with van der Waals surface area (Å²) in [5.74, 6) is 0.991. The van der Waals surface area contributed by atoms with Crippen molar-refractivity contribution in [1.82, 2.24) is 0 Å². The highest BCUT2D eigenvalue weighted by atomic mass is 14.5. The molecule has 2 saturated carbocycles. The molecular formula is C11H19. The summed E-state index contributed by atoms with van der Waals surface area (Å²) in [7, 11) is 0. The van der Waals surface area contributed by atoms with E-state index in [1.807, 2.05) is 0 Å². The molecule has 1 radical (unpaired) electrons. The third kappa shape index (κ3) is 1.11. The first-order valence-corrected chi connectivity index (χ1v) is 5.17. The second-order valence-electron chi connectivity index (χ2n) is 4.45. The van der Waals surface area contributed by atoms with Crippen LogP contribution in [-0.4, -0.2) is 0 Å². The molecule has 2 aliphatic rings. The second kappa shape index (κ2) is 2.80. The van der Waals surface area contributed by atoms with Gasteiger partial charge in [-0.2, -0.15) is 0 Å². The maximum absolute atomic E-state index is 4.09. The third-order valence-corrected chi connectivity index (χ3v) is 4.04. The minimum absolute atomic E-state index is 0.793. The van der Waals surface area contributed by atoms with Crippen LogP contribution in [0.3, 0.4) is 0 Å². The Morgan fingerprint density at radius 2 is 1.73 bits per heavy atom. The summed E-state index contributed by atoms with van der Waals surface area (Å²) < 4.78 is 0. The molecule has 0 aromatic carbocycles. The van der Waals surface area contributed by atoms with E-state index in [4.69, 9.17) is 0 Å². The van der Waals surface area contributed by atoms with E-state index in [9.17, 15) is 0 Å². The van der Waals surface area contributed by atoms with E-state index in [2.05, 4.69) is 6.92 Å². The van der Waals surface area contributed by atoms with Crippen molar-refractivity contribution in [1.29, 1.82) is 0 Å². The molecule has 0 saturated heterocycles. The largest absolute Gasteiger partial charge is 0.0530 e. The van der Waals surface area contributed by atoms with Crippen molar-refractivity contribution < 1.29 is 0 Å². The zero-order valence-corrected chi connectivity index (χ0v) is 7.44. The van der Waals surface area contributed by atoms with E-state index < -0.39 is 0 Å². The first-order valence-electron chi connectivity index (χ1n) is 5.17. The van der Waals surface area contributed by atoms with E-state index in [1.165, 1.54) is 51.4 Å². The van der Waals surface area contributed by atoms with Crippen molar-refractivity contribution in [3.63, 3.8) is 0 Å². The van der Waals surface area contributed by atoms with Gasteiger partial charge in [-0.1, -0.05) is 26.2 Å². The van der Waals surface area contributed by atoms with Crippen molar-refractivity contribution in [2.45, 2.75) is 51.4 Å². The van der Waals surface area contributed by atoms with Crippen LogP contribution in [0.25, 0.3) is 0 Å². The molecule has 0 heterocycles. The lowest BCUT2D eigenvalue weighted by molar-refractivity contribution is 0.208. The molecule has 63 valence electrons. The number of rotatable bonds is 1. The summed E-state index contributed by atoms with van der Waals surface area (Å²) in [4.78, 5) is 0. The van der Waals surface area contributed by atoms with Crippen LogP contribution in [0.2, 0.25) is 0 Å². The third-order valence-electron chi connectivity index (χ3n) is 4.04. The van der Waals surface area contributed by atoms with Crippen LogP contribution in [0.4, 0.5) is 0 Å². The average molecular weight is 151 g/mol. The summed E-state index contributed by atoms with van der Waals surface area (Å²) in [5.41, 5.74) is 0.793. The molecule has 0 heteroatoms. The van der Waals surface area contributed by atoms with Gasteiger partial charge >= 0.3 is 0 Å². The molecule has 0 nitrogen and oxygen atoms in total. The molecular weight excluding hydrogens is 132 g/mol. The van der Waals surface area contributed by atoms with Crippen molar-refractivity contribution in [3.8, 4) is 0 Å². The summed E-state index contributed by atoms with van der Waals surface area (Å²) in [5, 5.41) is 0. The Hall–Kier alpha value is 0. The van der Waals surface area contributed by atoms with Crippen LogP contribution in [0, 0.1) is 18.3 Å². The minimum Gasteiger partial charge on any atom is -0.0530 e. The Labute approximate surface area is 70.4 Å². The first-order chi connectivity index (χ1) is 5.37. The summed E-state index contributed by atoms with van der Waals surface area (Å²) >= 11 is 0. The molecule has 1 unspecified atom stereocenters. The summed E-state index contributed by atoms with van der Waals surface area (Å²) in [6.07, 6.45) is 11.7. The van der Waals surface area contributed by atoms with Crippen molar-refractivity contribution >= 4 is 0 Å². The van der Waals surface area contributed by atoms with Crippen LogP contribution in [0.15, 0.2) is 0 Å². The van der Waals surface area contributed by atoms with Crippen molar-refractivity contribution in [3.05, 3.63) is 6.92 Å². The predicted molar refractivity (Wildman–Crippen MR) is 48.2 cm³/mol. The summed E-state index contributed by atoms with van der Waals surface area (Å²) in [6.45, 7) is 4.09. The van der Waals surface area contributed by atoms with Gasteiger partial charge in [-0.25, -0.2) is 0 Å². The average Bonchev–Trinajstić information content (AvgIpc) is 2.62. The molecule has 0 aromatic rings. The lowest BCUT2D eigenvalue weighted by Gasteiger charge is -2.30. The Kier molecular flexibility index (Phi) is 1.95. The fourth-order valence-corrected chi connectivity index (χ4v) is 3.40. The highest BCUT2D eigenvalue weighted by Crippen LogP contribution is 2.55. The Morgan fingerprint density at radius 3 is 2.36 bits per heavy atom. The smallest absolute Gasteiger partial charge is 0.0269 e. The lowest BCUT2D eigenvalue weighted by atomic mass is 9.75. The molecule has 0 aromatic heterocycles. The lowest BCUT2D eigenvalue weighted by Crippen LogP contribution is -2.20. The fraction of sp³-hybridized carbons (Fsp3) is 0.909. The van der Waals surface area contributed by atoms with Crippen LogP contribution in [0.5, 0.6) is 0 Å². The molecule has 0 bridgehead atoms. The molecule has 0 aliphatic heterocycles.